The van der Waals surface area contributed by atoms with Gasteiger partial charge in [0.05, 0.1) is 0 Å². The summed E-state index contributed by atoms with van der Waals surface area (Å²) >= 11 is 4.96. The van der Waals surface area contributed by atoms with Crippen molar-refractivity contribution in [3.63, 3.8) is 0 Å². The Balaban J connectivity index is 1.87. The third kappa shape index (κ3) is 2.95. The first-order chi connectivity index (χ1) is 7.65. The van der Waals surface area contributed by atoms with E-state index in [1.807, 2.05) is 5.38 Å². The lowest BCUT2D eigenvalue weighted by Gasteiger charge is -2.30. The molecule has 88 valence electrons. The Morgan fingerprint density at radius 1 is 1.62 bits per heavy atom. The number of aliphatic carboxylic acids is 1. The van der Waals surface area contributed by atoms with Crippen LogP contribution in [0.2, 0.25) is 0 Å². The van der Waals surface area contributed by atoms with Gasteiger partial charge in [-0.05, 0) is 34.7 Å². The molecule has 4 nitrogen and oxygen atoms in total. The fourth-order valence-corrected chi connectivity index (χ4v) is 3.27. The van der Waals surface area contributed by atoms with Crippen LogP contribution < -0.4 is 4.90 Å². The Bertz CT molecular complexity index is 375. The van der Waals surface area contributed by atoms with Gasteiger partial charge in [0.15, 0.2) is 5.13 Å². The number of thiazole rings is 1. The van der Waals surface area contributed by atoms with Crippen molar-refractivity contribution in [2.75, 3.05) is 18.0 Å². The quantitative estimate of drug-likeness (QED) is 0.932. The Hall–Kier alpha value is -0.620. The number of carboxylic acids is 1. The molecule has 0 spiro atoms. The monoisotopic (exact) mass is 304 g/mol. The second-order valence-electron chi connectivity index (χ2n) is 3.98. The molecule has 0 aromatic carbocycles. The highest BCUT2D eigenvalue weighted by atomic mass is 79.9. The van der Waals surface area contributed by atoms with Crippen molar-refractivity contribution in [1.29, 1.82) is 0 Å². The maximum absolute atomic E-state index is 10.6. The average Bonchev–Trinajstić information content (AvgIpc) is 2.65. The minimum absolute atomic E-state index is 0.301. The summed E-state index contributed by atoms with van der Waals surface area (Å²) in [4.78, 5) is 17.2. The lowest BCUT2D eigenvalue weighted by atomic mass is 9.94. The van der Waals surface area contributed by atoms with Gasteiger partial charge in [0, 0.05) is 24.9 Å². The first-order valence-corrected chi connectivity index (χ1v) is 6.90. The molecular weight excluding hydrogens is 292 g/mol. The molecule has 0 unspecified atom stereocenters. The molecule has 2 heterocycles. The Morgan fingerprint density at radius 2 is 2.31 bits per heavy atom. The van der Waals surface area contributed by atoms with Gasteiger partial charge >= 0.3 is 5.97 Å². The fourth-order valence-electron chi connectivity index (χ4n) is 1.97. The average molecular weight is 305 g/mol. The standard InChI is InChI=1S/C10H13BrN2O2S/c11-8-6-16-10(12-8)13-3-1-7(2-4-13)5-9(14)15/h6-7H,1-5H2,(H,14,15). The lowest BCUT2D eigenvalue weighted by molar-refractivity contribution is -0.138. The van der Waals surface area contributed by atoms with Gasteiger partial charge in [-0.1, -0.05) is 0 Å². The zero-order valence-electron chi connectivity index (χ0n) is 8.73. The highest BCUT2D eigenvalue weighted by Gasteiger charge is 2.22. The summed E-state index contributed by atoms with van der Waals surface area (Å²) < 4.78 is 0.875. The highest BCUT2D eigenvalue weighted by molar-refractivity contribution is 9.10. The Kier molecular flexibility index (Phi) is 3.81. The van der Waals surface area contributed by atoms with E-state index in [0.717, 1.165) is 35.7 Å². The van der Waals surface area contributed by atoms with Crippen molar-refractivity contribution >= 4 is 38.4 Å². The minimum atomic E-state index is -0.685. The van der Waals surface area contributed by atoms with E-state index < -0.39 is 5.97 Å². The van der Waals surface area contributed by atoms with Crippen molar-refractivity contribution in [3.05, 3.63) is 9.98 Å². The van der Waals surface area contributed by atoms with Gasteiger partial charge in [-0.2, -0.15) is 0 Å². The maximum Gasteiger partial charge on any atom is 0.303 e. The molecule has 0 bridgehead atoms. The van der Waals surface area contributed by atoms with E-state index >= 15 is 0 Å². The number of rotatable bonds is 3. The molecule has 1 N–H and O–H groups in total. The summed E-state index contributed by atoms with van der Waals surface area (Å²) in [6.45, 7) is 1.83. The fraction of sp³-hybridized carbons (Fsp3) is 0.600. The Morgan fingerprint density at radius 3 is 2.81 bits per heavy atom. The SMILES string of the molecule is O=C(O)CC1CCN(c2nc(Br)cs2)CC1. The van der Waals surface area contributed by atoms with Crippen LogP contribution in [0.25, 0.3) is 0 Å². The summed E-state index contributed by atoms with van der Waals surface area (Å²) in [5.74, 6) is -0.354. The second kappa shape index (κ2) is 5.14. The molecule has 6 heteroatoms. The van der Waals surface area contributed by atoms with Gasteiger partial charge in [0.1, 0.15) is 4.60 Å². The van der Waals surface area contributed by atoms with Crippen LogP contribution in [0.3, 0.4) is 0 Å². The van der Waals surface area contributed by atoms with Gasteiger partial charge in [-0.25, -0.2) is 4.98 Å². The number of anilines is 1. The first-order valence-electron chi connectivity index (χ1n) is 5.23. The smallest absolute Gasteiger partial charge is 0.303 e. The van der Waals surface area contributed by atoms with Crippen molar-refractivity contribution in [2.45, 2.75) is 19.3 Å². The van der Waals surface area contributed by atoms with Crippen LogP contribution in [-0.2, 0) is 4.79 Å². The molecule has 0 atom stereocenters. The molecule has 2 rings (SSSR count). The van der Waals surface area contributed by atoms with Crippen LogP contribution in [0.15, 0.2) is 9.98 Å². The third-order valence-electron chi connectivity index (χ3n) is 2.81. The normalized spacial score (nSPS) is 17.7. The first kappa shape index (κ1) is 11.9. The topological polar surface area (TPSA) is 53.4 Å². The van der Waals surface area contributed by atoms with E-state index in [0.29, 0.717) is 12.3 Å². The Labute approximate surface area is 106 Å². The van der Waals surface area contributed by atoms with Gasteiger partial charge in [0.25, 0.3) is 0 Å². The molecule has 1 aliphatic rings. The van der Waals surface area contributed by atoms with Crippen LogP contribution in [0.5, 0.6) is 0 Å². The van der Waals surface area contributed by atoms with E-state index in [1.165, 1.54) is 0 Å². The van der Waals surface area contributed by atoms with Crippen LogP contribution >= 0.6 is 27.3 Å². The summed E-state index contributed by atoms with van der Waals surface area (Å²) in [5, 5.41) is 11.7. The zero-order chi connectivity index (χ0) is 11.5. The van der Waals surface area contributed by atoms with Crippen LogP contribution in [-0.4, -0.2) is 29.1 Å². The van der Waals surface area contributed by atoms with E-state index in [9.17, 15) is 4.79 Å². The summed E-state index contributed by atoms with van der Waals surface area (Å²) in [6.07, 6.45) is 2.20. The molecule has 16 heavy (non-hydrogen) atoms. The highest BCUT2D eigenvalue weighted by Crippen LogP contribution is 2.28. The van der Waals surface area contributed by atoms with Gasteiger partial charge in [-0.15, -0.1) is 11.3 Å². The van der Waals surface area contributed by atoms with Crippen LogP contribution in [0.4, 0.5) is 5.13 Å². The summed E-state index contributed by atoms with van der Waals surface area (Å²) in [7, 11) is 0. The number of hydrogen-bond acceptors (Lipinski definition) is 4. The molecule has 1 aliphatic heterocycles. The van der Waals surface area contributed by atoms with E-state index in [-0.39, 0.29) is 0 Å². The van der Waals surface area contributed by atoms with Crippen LogP contribution in [0, 0.1) is 5.92 Å². The molecule has 0 radical (unpaired) electrons. The zero-order valence-corrected chi connectivity index (χ0v) is 11.1. The van der Waals surface area contributed by atoms with Crippen molar-refractivity contribution < 1.29 is 9.90 Å². The molecule has 1 saturated heterocycles. The minimum Gasteiger partial charge on any atom is -0.481 e. The van der Waals surface area contributed by atoms with Crippen molar-refractivity contribution in [3.8, 4) is 0 Å². The number of hydrogen-bond donors (Lipinski definition) is 1. The van der Waals surface area contributed by atoms with E-state index in [4.69, 9.17) is 5.11 Å². The maximum atomic E-state index is 10.6. The van der Waals surface area contributed by atoms with Gasteiger partial charge in [-0.3, -0.25) is 4.79 Å². The largest absolute Gasteiger partial charge is 0.481 e. The molecule has 1 aromatic heterocycles. The number of halogens is 1. The van der Waals surface area contributed by atoms with Crippen molar-refractivity contribution in [2.24, 2.45) is 5.92 Å². The molecule has 0 aliphatic carbocycles. The number of carbonyl (C=O) groups is 1. The molecule has 0 amide bonds. The van der Waals surface area contributed by atoms with Gasteiger partial charge < -0.3 is 10.0 Å². The summed E-state index contributed by atoms with van der Waals surface area (Å²) in [5.41, 5.74) is 0. The molecular formula is C10H13BrN2O2S. The van der Waals surface area contributed by atoms with Gasteiger partial charge in [0.2, 0.25) is 0 Å². The lowest BCUT2D eigenvalue weighted by Crippen LogP contribution is -2.34. The molecule has 0 saturated carbocycles. The molecule has 1 aromatic rings. The number of carboxylic acid groups (broad SMARTS) is 1. The van der Waals surface area contributed by atoms with Crippen molar-refractivity contribution in [1.82, 2.24) is 4.98 Å². The van der Waals surface area contributed by atoms with E-state index in [1.54, 1.807) is 11.3 Å². The third-order valence-corrected chi connectivity index (χ3v) is 4.42. The number of piperidine rings is 1. The predicted molar refractivity (Wildman–Crippen MR) is 67.0 cm³/mol. The summed E-state index contributed by atoms with van der Waals surface area (Å²) in [6, 6.07) is 0. The van der Waals surface area contributed by atoms with Crippen LogP contribution in [0.1, 0.15) is 19.3 Å². The predicted octanol–water partition coefficient (Wildman–Crippen LogP) is 2.60. The number of aromatic nitrogens is 1. The molecule has 1 fully saturated rings. The second-order valence-corrected chi connectivity index (χ2v) is 5.63. The van der Waals surface area contributed by atoms with E-state index in [2.05, 4.69) is 25.8 Å². The number of nitrogens with zero attached hydrogens (tertiary/aromatic N) is 2.